The maximum absolute atomic E-state index is 12.9. The van der Waals surface area contributed by atoms with E-state index in [2.05, 4.69) is 32.4 Å². The summed E-state index contributed by atoms with van der Waals surface area (Å²) in [7, 11) is 0. The van der Waals surface area contributed by atoms with Crippen LogP contribution in [-0.2, 0) is 32.7 Å². The van der Waals surface area contributed by atoms with E-state index in [9.17, 15) is 13.2 Å². The predicted octanol–water partition coefficient (Wildman–Crippen LogP) is 4.37. The van der Waals surface area contributed by atoms with E-state index in [1.54, 1.807) is 31.3 Å². The molecule has 10 heteroatoms. The molecule has 32 heavy (non-hydrogen) atoms. The molecule has 0 aromatic carbocycles. The van der Waals surface area contributed by atoms with Gasteiger partial charge in [-0.1, -0.05) is 42.2 Å². The first-order valence-corrected chi connectivity index (χ1v) is 9.37. The smallest absolute Gasteiger partial charge is 0.343 e. The van der Waals surface area contributed by atoms with Crippen LogP contribution < -0.4 is 0 Å². The molecule has 0 fully saturated rings. The summed E-state index contributed by atoms with van der Waals surface area (Å²) in [5.41, 5.74) is 1.01. The Bertz CT molecular complexity index is 1220. The number of hydrogen-bond donors (Lipinski definition) is 0. The third kappa shape index (κ3) is 4.77. The molecular weight excluding hydrogens is 600 g/mol. The van der Waals surface area contributed by atoms with Gasteiger partial charge in [-0.15, -0.1) is 6.07 Å². The Morgan fingerprint density at radius 2 is 1.62 bits per heavy atom. The maximum Gasteiger partial charge on any atom is 2.00 e. The second kappa shape index (κ2) is 8.90. The summed E-state index contributed by atoms with van der Waals surface area (Å²) < 4.78 is 39.6. The van der Waals surface area contributed by atoms with Gasteiger partial charge >= 0.3 is 27.2 Å². The molecule has 4 rings (SSSR count). The summed E-state index contributed by atoms with van der Waals surface area (Å²) in [4.78, 5) is 17.5. The van der Waals surface area contributed by atoms with E-state index in [-0.39, 0.29) is 26.9 Å². The van der Waals surface area contributed by atoms with Gasteiger partial charge in [-0.25, -0.2) is 0 Å². The van der Waals surface area contributed by atoms with Gasteiger partial charge in [0.2, 0.25) is 0 Å². The van der Waals surface area contributed by atoms with Crippen molar-refractivity contribution in [3.63, 3.8) is 0 Å². The Morgan fingerprint density at radius 1 is 0.938 bits per heavy atom. The number of hydrogen-bond acceptors (Lipinski definition) is 5. The fourth-order valence-electron chi connectivity index (χ4n) is 2.98. The van der Waals surface area contributed by atoms with Crippen LogP contribution in [0.1, 0.15) is 36.8 Å². The molecule has 0 saturated heterocycles. The Hall–Kier alpha value is -2.93. The molecule has 4 aromatic rings. The third-order valence-electron chi connectivity index (χ3n) is 4.80. The molecule has 0 atom stereocenters. The van der Waals surface area contributed by atoms with E-state index in [1.165, 1.54) is 0 Å². The fourth-order valence-corrected chi connectivity index (χ4v) is 2.98. The van der Waals surface area contributed by atoms with Gasteiger partial charge in [0.15, 0.2) is 0 Å². The van der Waals surface area contributed by atoms with Crippen molar-refractivity contribution in [1.29, 1.82) is 0 Å². The van der Waals surface area contributed by atoms with E-state index in [4.69, 9.17) is 4.98 Å². The SMILES string of the molecule is Cc1n[c-]c(-c2cccc(C(C)(C)c3cccc(-n4[c-]cc(C(F)(F)F)n4)n3)n2)cn1.[Pt+2]. The Labute approximate surface area is 197 Å². The monoisotopic (exact) mass is 617 g/mol. The first kappa shape index (κ1) is 23.7. The van der Waals surface area contributed by atoms with Crippen molar-refractivity contribution in [3.8, 4) is 17.1 Å². The van der Waals surface area contributed by atoms with E-state index in [0.717, 1.165) is 16.4 Å². The van der Waals surface area contributed by atoms with Crippen LogP contribution in [-0.4, -0.2) is 29.7 Å². The zero-order chi connectivity index (χ0) is 22.2. The van der Waals surface area contributed by atoms with Crippen LogP contribution in [0.2, 0.25) is 0 Å². The molecule has 0 unspecified atom stereocenters. The molecule has 6 nitrogen and oxygen atoms in total. The van der Waals surface area contributed by atoms with Crippen LogP contribution in [0.3, 0.4) is 0 Å². The van der Waals surface area contributed by atoms with Gasteiger partial charge in [0.25, 0.3) is 0 Å². The minimum atomic E-state index is -4.54. The molecule has 166 valence electrons. The summed E-state index contributed by atoms with van der Waals surface area (Å²) in [6.07, 6.45) is 2.51. The molecule has 0 bridgehead atoms. The zero-order valence-electron chi connectivity index (χ0n) is 17.3. The molecule has 4 heterocycles. The van der Waals surface area contributed by atoms with Crippen molar-refractivity contribution in [3.05, 3.63) is 84.0 Å². The van der Waals surface area contributed by atoms with Gasteiger partial charge in [-0.3, -0.25) is 10.1 Å². The van der Waals surface area contributed by atoms with Crippen molar-refractivity contribution < 1.29 is 34.2 Å². The van der Waals surface area contributed by atoms with Gasteiger partial charge < -0.3 is 19.6 Å². The van der Waals surface area contributed by atoms with Crippen LogP contribution in [0, 0.1) is 19.3 Å². The predicted molar refractivity (Wildman–Crippen MR) is 106 cm³/mol. The number of nitrogens with zero attached hydrogens (tertiary/aromatic N) is 6. The number of rotatable bonds is 4. The van der Waals surface area contributed by atoms with Crippen LogP contribution in [0.15, 0.2) is 48.7 Å². The van der Waals surface area contributed by atoms with E-state index in [1.807, 2.05) is 32.0 Å². The van der Waals surface area contributed by atoms with E-state index < -0.39 is 17.3 Å². The average molecular weight is 617 g/mol. The second-order valence-electron chi connectivity index (χ2n) is 7.43. The summed E-state index contributed by atoms with van der Waals surface area (Å²) in [6, 6.07) is 11.5. The zero-order valence-corrected chi connectivity index (χ0v) is 19.5. The molecule has 0 amide bonds. The summed E-state index contributed by atoms with van der Waals surface area (Å²) in [6.45, 7) is 5.66. The van der Waals surface area contributed by atoms with E-state index >= 15 is 0 Å². The third-order valence-corrected chi connectivity index (χ3v) is 4.80. The summed E-state index contributed by atoms with van der Waals surface area (Å²) in [5.74, 6) is 0.850. The molecular formula is C22H17F3N6Pt. The van der Waals surface area contributed by atoms with Crippen LogP contribution in [0.5, 0.6) is 0 Å². The van der Waals surface area contributed by atoms with Crippen molar-refractivity contribution in [2.45, 2.75) is 32.4 Å². The molecule has 0 radical (unpaired) electrons. The van der Waals surface area contributed by atoms with Crippen LogP contribution >= 0.6 is 0 Å². The summed E-state index contributed by atoms with van der Waals surface area (Å²) >= 11 is 0. The molecule has 0 N–H and O–H groups in total. The Balaban J connectivity index is 0.00000289. The molecule has 0 saturated carbocycles. The van der Waals surface area contributed by atoms with Gasteiger partial charge in [0.05, 0.1) is 11.5 Å². The Morgan fingerprint density at radius 3 is 2.25 bits per heavy atom. The second-order valence-corrected chi connectivity index (χ2v) is 7.43. The number of alkyl halides is 3. The first-order valence-electron chi connectivity index (χ1n) is 9.37. The minimum Gasteiger partial charge on any atom is -0.343 e. The topological polar surface area (TPSA) is 69.4 Å². The molecule has 0 spiro atoms. The van der Waals surface area contributed by atoms with Crippen molar-refractivity contribution in [2.75, 3.05) is 0 Å². The molecule has 0 aliphatic heterocycles. The van der Waals surface area contributed by atoms with Crippen molar-refractivity contribution in [1.82, 2.24) is 29.7 Å². The van der Waals surface area contributed by atoms with Crippen molar-refractivity contribution >= 4 is 0 Å². The number of halogens is 3. The Kier molecular flexibility index (Phi) is 6.60. The maximum atomic E-state index is 12.9. The molecule has 0 aliphatic rings. The van der Waals surface area contributed by atoms with Crippen molar-refractivity contribution in [2.24, 2.45) is 0 Å². The van der Waals surface area contributed by atoms with E-state index in [0.29, 0.717) is 22.8 Å². The number of pyridine rings is 2. The van der Waals surface area contributed by atoms with Gasteiger partial charge in [-0.2, -0.15) is 13.2 Å². The number of aryl methyl sites for hydroxylation is 1. The largest absolute Gasteiger partial charge is 2.00 e. The van der Waals surface area contributed by atoms with Gasteiger partial charge in [0, 0.05) is 22.6 Å². The minimum absolute atomic E-state index is 0. The molecule has 4 aromatic heterocycles. The number of aromatic nitrogens is 6. The summed E-state index contributed by atoms with van der Waals surface area (Å²) in [5, 5.41) is 3.55. The normalized spacial score (nSPS) is 11.8. The average Bonchev–Trinajstić information content (AvgIpc) is 3.25. The molecule has 0 aliphatic carbocycles. The quantitative estimate of drug-likeness (QED) is 0.319. The van der Waals surface area contributed by atoms with Gasteiger partial charge in [-0.05, 0) is 44.8 Å². The standard InChI is InChI=1S/C22H17F3N6.Pt/c1-14-26-12-15(13-27-14)16-6-4-7-17(28-16)21(2,3)18-8-5-9-20(29-18)31-11-10-19(30-31)22(23,24)25;/h4-10,12H,1-3H3;/q-2;+2. The van der Waals surface area contributed by atoms with Crippen LogP contribution in [0.4, 0.5) is 13.2 Å². The fraction of sp³-hybridized carbons (Fsp3) is 0.227. The van der Waals surface area contributed by atoms with Crippen LogP contribution in [0.25, 0.3) is 17.1 Å². The van der Waals surface area contributed by atoms with Gasteiger partial charge in [0.1, 0.15) is 0 Å². The first-order chi connectivity index (χ1) is 14.6.